The van der Waals surface area contributed by atoms with Crippen LogP contribution in [0.4, 0.5) is 0 Å². The highest BCUT2D eigenvalue weighted by atomic mass is 15.3. The number of hydrogen-bond donors (Lipinski definition) is 0. The first-order valence-corrected chi connectivity index (χ1v) is 8.21. The van der Waals surface area contributed by atoms with Crippen LogP contribution < -0.4 is 0 Å². The minimum Gasteiger partial charge on any atom is -0.268 e. The van der Waals surface area contributed by atoms with Gasteiger partial charge in [0.25, 0.3) is 0 Å². The zero-order valence-electron chi connectivity index (χ0n) is 12.3. The molecule has 1 aromatic heterocycles. The third-order valence-electron chi connectivity index (χ3n) is 5.91. The van der Waals surface area contributed by atoms with E-state index in [1.807, 2.05) is 0 Å². The average Bonchev–Trinajstić information content (AvgIpc) is 2.81. The van der Waals surface area contributed by atoms with Crippen LogP contribution in [0.15, 0.2) is 6.07 Å². The molecule has 0 unspecified atom stereocenters. The molecule has 0 aliphatic heterocycles. The molecule has 3 nitrogen and oxygen atoms in total. The van der Waals surface area contributed by atoms with Crippen molar-refractivity contribution >= 4 is 0 Å². The molecule has 20 heavy (non-hydrogen) atoms. The van der Waals surface area contributed by atoms with Crippen LogP contribution in [0.25, 0.3) is 0 Å². The second-order valence-corrected chi connectivity index (χ2v) is 7.45. The lowest BCUT2D eigenvalue weighted by Crippen LogP contribution is -2.49. The van der Waals surface area contributed by atoms with Crippen molar-refractivity contribution < 1.29 is 0 Å². The third-order valence-corrected chi connectivity index (χ3v) is 5.91. The summed E-state index contributed by atoms with van der Waals surface area (Å²) in [7, 11) is 0. The fraction of sp³-hybridized carbons (Fsp3) is 0.765. The minimum absolute atomic E-state index is 0.353. The molecular formula is C17H23N3. The van der Waals surface area contributed by atoms with E-state index in [1.165, 1.54) is 44.2 Å². The molecule has 0 N–H and O–H groups in total. The topological polar surface area (TPSA) is 41.6 Å². The Kier molecular flexibility index (Phi) is 2.70. The van der Waals surface area contributed by atoms with Gasteiger partial charge >= 0.3 is 0 Å². The van der Waals surface area contributed by atoms with E-state index in [-0.39, 0.29) is 0 Å². The molecule has 0 radical (unpaired) electrons. The van der Waals surface area contributed by atoms with Gasteiger partial charge in [-0.05, 0) is 68.8 Å². The lowest BCUT2D eigenvalue weighted by atomic mass is 9.49. The Morgan fingerprint density at radius 1 is 1.25 bits per heavy atom. The average molecular weight is 269 g/mol. The van der Waals surface area contributed by atoms with E-state index in [9.17, 15) is 5.26 Å². The van der Waals surface area contributed by atoms with Gasteiger partial charge in [0.05, 0.1) is 0 Å². The molecule has 4 saturated carbocycles. The van der Waals surface area contributed by atoms with E-state index in [4.69, 9.17) is 0 Å². The summed E-state index contributed by atoms with van der Waals surface area (Å²) in [6.07, 6.45) is 9.52. The van der Waals surface area contributed by atoms with Gasteiger partial charge in [-0.25, -0.2) is 0 Å². The van der Waals surface area contributed by atoms with Crippen LogP contribution in [0.3, 0.4) is 0 Å². The molecule has 4 aliphatic carbocycles. The van der Waals surface area contributed by atoms with Crippen LogP contribution in [0, 0.1) is 29.1 Å². The van der Waals surface area contributed by atoms with Crippen molar-refractivity contribution in [2.24, 2.45) is 17.8 Å². The van der Waals surface area contributed by atoms with E-state index < -0.39 is 0 Å². The maximum absolute atomic E-state index is 9.20. The fourth-order valence-electron chi connectivity index (χ4n) is 5.70. The predicted octanol–water partition coefficient (Wildman–Crippen LogP) is 3.63. The Morgan fingerprint density at radius 3 is 2.35 bits per heavy atom. The molecule has 0 aromatic carbocycles. The molecule has 106 valence electrons. The van der Waals surface area contributed by atoms with Crippen LogP contribution in [-0.4, -0.2) is 9.78 Å². The summed E-state index contributed by atoms with van der Waals surface area (Å²) in [5.74, 6) is 2.82. The maximum Gasteiger partial charge on any atom is 0.162 e. The highest BCUT2D eigenvalue weighted by molar-refractivity contribution is 5.30. The largest absolute Gasteiger partial charge is 0.268 e. The number of nitrogens with zero attached hydrogens (tertiary/aromatic N) is 3. The van der Waals surface area contributed by atoms with Crippen LogP contribution in [0.2, 0.25) is 0 Å². The van der Waals surface area contributed by atoms with Crippen molar-refractivity contribution in [2.75, 3.05) is 0 Å². The molecule has 0 spiro atoms. The zero-order valence-corrected chi connectivity index (χ0v) is 12.3. The molecule has 0 atom stereocenters. The van der Waals surface area contributed by atoms with Gasteiger partial charge in [-0.3, -0.25) is 4.68 Å². The smallest absolute Gasteiger partial charge is 0.162 e. The molecular weight excluding hydrogens is 246 g/mol. The van der Waals surface area contributed by atoms with Crippen molar-refractivity contribution in [3.63, 3.8) is 0 Å². The molecule has 4 aliphatic rings. The van der Waals surface area contributed by atoms with Crippen LogP contribution in [-0.2, 0) is 12.0 Å². The van der Waals surface area contributed by atoms with Gasteiger partial charge < -0.3 is 0 Å². The van der Waals surface area contributed by atoms with E-state index in [1.54, 1.807) is 0 Å². The standard InChI is InChI=1S/C17H23N3/c1-2-3-20-16(7-15(11-18)19-20)17-8-12-4-13(9-17)6-14(5-12)10-17/h7,12-14H,2-6,8-10H2,1H3. The summed E-state index contributed by atoms with van der Waals surface area (Å²) < 4.78 is 2.16. The Morgan fingerprint density at radius 2 is 1.85 bits per heavy atom. The molecule has 1 aromatic rings. The van der Waals surface area contributed by atoms with Gasteiger partial charge in [0.15, 0.2) is 5.69 Å². The van der Waals surface area contributed by atoms with Gasteiger partial charge in [-0.1, -0.05) is 6.92 Å². The Balaban J connectivity index is 1.76. The lowest BCUT2D eigenvalue weighted by molar-refractivity contribution is -0.00934. The lowest BCUT2D eigenvalue weighted by Gasteiger charge is -2.56. The van der Waals surface area contributed by atoms with Crippen molar-refractivity contribution in [1.82, 2.24) is 9.78 Å². The molecule has 3 heteroatoms. The predicted molar refractivity (Wildman–Crippen MR) is 77.1 cm³/mol. The zero-order chi connectivity index (χ0) is 13.7. The fourth-order valence-corrected chi connectivity index (χ4v) is 5.70. The molecule has 5 rings (SSSR count). The highest BCUT2D eigenvalue weighted by Gasteiger charge is 2.52. The molecule has 4 fully saturated rings. The van der Waals surface area contributed by atoms with Crippen molar-refractivity contribution in [2.45, 2.75) is 63.8 Å². The summed E-state index contributed by atoms with van der Waals surface area (Å²) >= 11 is 0. The number of aromatic nitrogens is 2. The maximum atomic E-state index is 9.20. The first kappa shape index (κ1) is 12.4. The first-order chi connectivity index (χ1) is 9.72. The van der Waals surface area contributed by atoms with Crippen molar-refractivity contribution in [3.05, 3.63) is 17.5 Å². The number of rotatable bonds is 3. The third kappa shape index (κ3) is 1.74. The second kappa shape index (κ2) is 4.35. The Bertz CT molecular complexity index is 528. The summed E-state index contributed by atoms with van der Waals surface area (Å²) in [6, 6.07) is 4.35. The van der Waals surface area contributed by atoms with E-state index in [2.05, 4.69) is 28.8 Å². The number of nitriles is 1. The van der Waals surface area contributed by atoms with Crippen molar-refractivity contribution in [1.29, 1.82) is 5.26 Å². The summed E-state index contributed by atoms with van der Waals surface area (Å²) in [6.45, 7) is 3.15. The minimum atomic E-state index is 0.353. The van der Waals surface area contributed by atoms with Gasteiger partial charge in [0, 0.05) is 17.7 Å². The Hall–Kier alpha value is -1.30. The highest BCUT2D eigenvalue weighted by Crippen LogP contribution is 2.60. The summed E-state index contributed by atoms with van der Waals surface area (Å²) in [4.78, 5) is 0. The second-order valence-electron chi connectivity index (χ2n) is 7.45. The SMILES string of the molecule is CCCn1nc(C#N)cc1C12CC3CC(CC(C3)C1)C2. The van der Waals surface area contributed by atoms with Crippen molar-refractivity contribution in [3.8, 4) is 6.07 Å². The van der Waals surface area contributed by atoms with Gasteiger partial charge in [0.1, 0.15) is 6.07 Å². The quantitative estimate of drug-likeness (QED) is 0.840. The molecule has 1 heterocycles. The van der Waals surface area contributed by atoms with E-state index in [0.717, 1.165) is 30.7 Å². The molecule has 0 amide bonds. The van der Waals surface area contributed by atoms with E-state index >= 15 is 0 Å². The van der Waals surface area contributed by atoms with Crippen LogP contribution in [0.1, 0.15) is 63.3 Å². The van der Waals surface area contributed by atoms with Crippen LogP contribution in [0.5, 0.6) is 0 Å². The van der Waals surface area contributed by atoms with Gasteiger partial charge in [-0.15, -0.1) is 0 Å². The summed E-state index contributed by atoms with van der Waals surface area (Å²) in [5.41, 5.74) is 2.35. The summed E-state index contributed by atoms with van der Waals surface area (Å²) in [5, 5.41) is 13.7. The monoisotopic (exact) mass is 269 g/mol. The normalized spacial score (nSPS) is 38.1. The van der Waals surface area contributed by atoms with Gasteiger partial charge in [-0.2, -0.15) is 10.4 Å². The molecule has 4 bridgehead atoms. The number of hydrogen-bond acceptors (Lipinski definition) is 2. The Labute approximate surface area is 121 Å². The first-order valence-electron chi connectivity index (χ1n) is 8.21. The number of aryl methyl sites for hydroxylation is 1. The van der Waals surface area contributed by atoms with Crippen LogP contribution >= 0.6 is 0 Å². The van der Waals surface area contributed by atoms with Gasteiger partial charge in [0.2, 0.25) is 0 Å². The van der Waals surface area contributed by atoms with E-state index in [0.29, 0.717) is 11.1 Å². The molecule has 0 saturated heterocycles.